The van der Waals surface area contributed by atoms with Crippen LogP contribution in [0.1, 0.15) is 20.3 Å². The van der Waals surface area contributed by atoms with Crippen LogP contribution in [0.4, 0.5) is 11.6 Å². The van der Waals surface area contributed by atoms with E-state index in [4.69, 9.17) is 0 Å². The van der Waals surface area contributed by atoms with Gasteiger partial charge in [0.2, 0.25) is 0 Å². The minimum absolute atomic E-state index is 0.576. The van der Waals surface area contributed by atoms with Gasteiger partial charge < -0.3 is 15.1 Å². The van der Waals surface area contributed by atoms with Crippen molar-refractivity contribution in [2.24, 2.45) is 5.92 Å². The molecule has 106 valence electrons. The third-order valence-electron chi connectivity index (χ3n) is 3.59. The van der Waals surface area contributed by atoms with E-state index in [1.807, 2.05) is 7.05 Å². The molecule has 5 nitrogen and oxygen atoms in total. The van der Waals surface area contributed by atoms with Gasteiger partial charge in [-0.25, -0.2) is 9.97 Å². The molecular weight excluding hydrogens is 238 g/mol. The van der Waals surface area contributed by atoms with Crippen molar-refractivity contribution >= 4 is 11.6 Å². The first-order valence-corrected chi connectivity index (χ1v) is 7.05. The highest BCUT2D eigenvalue weighted by atomic mass is 15.2. The number of rotatable bonds is 5. The van der Waals surface area contributed by atoms with Gasteiger partial charge in [0.1, 0.15) is 18.0 Å². The van der Waals surface area contributed by atoms with Gasteiger partial charge in [0, 0.05) is 38.8 Å². The minimum atomic E-state index is 0.576. The average Bonchev–Trinajstić information content (AvgIpc) is 2.87. The van der Waals surface area contributed by atoms with Crippen LogP contribution in [-0.4, -0.2) is 49.7 Å². The zero-order valence-corrected chi connectivity index (χ0v) is 12.4. The number of anilines is 2. The Morgan fingerprint density at radius 1 is 1.47 bits per heavy atom. The topological polar surface area (TPSA) is 44.3 Å². The van der Waals surface area contributed by atoms with Crippen molar-refractivity contribution in [1.82, 2.24) is 15.3 Å². The lowest BCUT2D eigenvalue weighted by atomic mass is 10.2. The molecule has 1 aliphatic heterocycles. The van der Waals surface area contributed by atoms with E-state index in [2.05, 4.69) is 52.0 Å². The normalized spacial score (nSPS) is 19.2. The van der Waals surface area contributed by atoms with Crippen LogP contribution in [-0.2, 0) is 0 Å². The molecule has 1 aliphatic rings. The van der Waals surface area contributed by atoms with Crippen LogP contribution in [0.15, 0.2) is 12.4 Å². The summed E-state index contributed by atoms with van der Waals surface area (Å²) in [4.78, 5) is 13.3. The van der Waals surface area contributed by atoms with Gasteiger partial charge in [0.25, 0.3) is 0 Å². The van der Waals surface area contributed by atoms with Crippen LogP contribution in [0.5, 0.6) is 0 Å². The van der Waals surface area contributed by atoms with Crippen LogP contribution in [0.3, 0.4) is 0 Å². The third-order valence-corrected chi connectivity index (χ3v) is 3.59. The monoisotopic (exact) mass is 263 g/mol. The molecule has 19 heavy (non-hydrogen) atoms. The summed E-state index contributed by atoms with van der Waals surface area (Å²) >= 11 is 0. The quantitative estimate of drug-likeness (QED) is 0.869. The molecule has 1 aromatic rings. The second kappa shape index (κ2) is 6.19. The van der Waals surface area contributed by atoms with Crippen molar-refractivity contribution in [3.05, 3.63) is 12.4 Å². The van der Waals surface area contributed by atoms with Crippen LogP contribution in [0, 0.1) is 5.92 Å². The summed E-state index contributed by atoms with van der Waals surface area (Å²) in [6.07, 6.45) is 2.85. The second-order valence-electron chi connectivity index (χ2n) is 5.73. The maximum Gasteiger partial charge on any atom is 0.134 e. The standard InChI is InChI=1S/C14H25N5/c1-11(2)8-18(4)13-7-14(17-10-16-13)19-6-5-12(9-19)15-3/h7,10-12,15H,5-6,8-9H2,1-4H3. The van der Waals surface area contributed by atoms with Crippen LogP contribution >= 0.6 is 0 Å². The summed E-state index contributed by atoms with van der Waals surface area (Å²) < 4.78 is 0. The van der Waals surface area contributed by atoms with Crippen molar-refractivity contribution in [1.29, 1.82) is 0 Å². The highest BCUT2D eigenvalue weighted by Crippen LogP contribution is 2.21. The fourth-order valence-electron chi connectivity index (χ4n) is 2.56. The maximum atomic E-state index is 4.41. The van der Waals surface area contributed by atoms with E-state index >= 15 is 0 Å². The molecular formula is C14H25N5. The first-order chi connectivity index (χ1) is 9.10. The van der Waals surface area contributed by atoms with Gasteiger partial charge in [-0.3, -0.25) is 0 Å². The fourth-order valence-corrected chi connectivity index (χ4v) is 2.56. The lowest BCUT2D eigenvalue weighted by Gasteiger charge is -2.23. The molecule has 0 bridgehead atoms. The van der Waals surface area contributed by atoms with Crippen LogP contribution in [0.25, 0.3) is 0 Å². The number of nitrogens with zero attached hydrogens (tertiary/aromatic N) is 4. The summed E-state index contributed by atoms with van der Waals surface area (Å²) in [6, 6.07) is 2.67. The number of hydrogen-bond donors (Lipinski definition) is 1. The molecule has 1 saturated heterocycles. The van der Waals surface area contributed by atoms with Gasteiger partial charge in [-0.15, -0.1) is 0 Å². The lowest BCUT2D eigenvalue weighted by Crippen LogP contribution is -2.30. The summed E-state index contributed by atoms with van der Waals surface area (Å²) in [5, 5.41) is 3.33. The SMILES string of the molecule is CNC1CCN(c2cc(N(C)CC(C)C)ncn2)C1. The van der Waals surface area contributed by atoms with Gasteiger partial charge in [-0.05, 0) is 19.4 Å². The smallest absolute Gasteiger partial charge is 0.134 e. The Morgan fingerprint density at radius 3 is 2.89 bits per heavy atom. The molecule has 1 N–H and O–H groups in total. The Kier molecular flexibility index (Phi) is 4.58. The summed E-state index contributed by atoms with van der Waals surface area (Å²) in [5.74, 6) is 2.67. The van der Waals surface area contributed by atoms with Gasteiger partial charge in [0.05, 0.1) is 0 Å². The van der Waals surface area contributed by atoms with E-state index in [-0.39, 0.29) is 0 Å². The first kappa shape index (κ1) is 14.1. The minimum Gasteiger partial charge on any atom is -0.359 e. The highest BCUT2D eigenvalue weighted by Gasteiger charge is 2.22. The van der Waals surface area contributed by atoms with Crippen molar-refractivity contribution in [3.63, 3.8) is 0 Å². The Labute approximate surface area is 116 Å². The van der Waals surface area contributed by atoms with E-state index in [9.17, 15) is 0 Å². The molecule has 0 saturated carbocycles. The molecule has 0 aromatic carbocycles. The predicted octanol–water partition coefficient (Wildman–Crippen LogP) is 1.37. The van der Waals surface area contributed by atoms with Crippen LogP contribution in [0.2, 0.25) is 0 Å². The molecule has 0 spiro atoms. The third kappa shape index (κ3) is 3.56. The van der Waals surface area contributed by atoms with Crippen molar-refractivity contribution in [2.75, 3.05) is 43.5 Å². The van der Waals surface area contributed by atoms with Gasteiger partial charge in [-0.2, -0.15) is 0 Å². The Hall–Kier alpha value is -1.36. The molecule has 0 radical (unpaired) electrons. The molecule has 0 amide bonds. The number of likely N-dealkylation sites (N-methyl/N-ethyl adjacent to an activating group) is 1. The maximum absolute atomic E-state index is 4.41. The summed E-state index contributed by atoms with van der Waals surface area (Å²) in [5.41, 5.74) is 0. The molecule has 0 aliphatic carbocycles. The van der Waals surface area contributed by atoms with Crippen molar-refractivity contribution < 1.29 is 0 Å². The Morgan fingerprint density at radius 2 is 2.26 bits per heavy atom. The van der Waals surface area contributed by atoms with Gasteiger partial charge in [0.15, 0.2) is 0 Å². The molecule has 5 heteroatoms. The van der Waals surface area contributed by atoms with E-state index in [1.165, 1.54) is 6.42 Å². The fraction of sp³-hybridized carbons (Fsp3) is 0.714. The Bertz CT molecular complexity index is 407. The predicted molar refractivity (Wildman–Crippen MR) is 79.8 cm³/mol. The number of aromatic nitrogens is 2. The highest BCUT2D eigenvalue weighted by molar-refractivity contribution is 5.50. The molecule has 2 heterocycles. The number of hydrogen-bond acceptors (Lipinski definition) is 5. The Balaban J connectivity index is 2.07. The van der Waals surface area contributed by atoms with E-state index in [1.54, 1.807) is 6.33 Å². The zero-order chi connectivity index (χ0) is 13.8. The van der Waals surface area contributed by atoms with E-state index in [0.29, 0.717) is 12.0 Å². The second-order valence-corrected chi connectivity index (χ2v) is 5.73. The molecule has 1 unspecified atom stereocenters. The molecule has 2 rings (SSSR count). The van der Waals surface area contributed by atoms with E-state index in [0.717, 1.165) is 31.3 Å². The first-order valence-electron chi connectivity index (χ1n) is 7.05. The van der Waals surface area contributed by atoms with E-state index < -0.39 is 0 Å². The zero-order valence-electron chi connectivity index (χ0n) is 12.4. The number of nitrogens with one attached hydrogen (secondary N) is 1. The molecule has 1 aromatic heterocycles. The van der Waals surface area contributed by atoms with Gasteiger partial charge >= 0.3 is 0 Å². The lowest BCUT2D eigenvalue weighted by molar-refractivity contribution is 0.616. The molecule has 1 fully saturated rings. The van der Waals surface area contributed by atoms with Crippen LogP contribution < -0.4 is 15.1 Å². The van der Waals surface area contributed by atoms with Crippen molar-refractivity contribution in [2.45, 2.75) is 26.3 Å². The average molecular weight is 263 g/mol. The summed E-state index contributed by atoms with van der Waals surface area (Å²) in [7, 11) is 4.11. The summed E-state index contributed by atoms with van der Waals surface area (Å²) in [6.45, 7) is 7.54. The van der Waals surface area contributed by atoms with Gasteiger partial charge in [-0.1, -0.05) is 13.8 Å². The van der Waals surface area contributed by atoms with Crippen molar-refractivity contribution in [3.8, 4) is 0 Å². The largest absolute Gasteiger partial charge is 0.359 e. The molecule has 1 atom stereocenters.